The first kappa shape index (κ1) is 31.7. The second kappa shape index (κ2) is 9.88. The van der Waals surface area contributed by atoms with Crippen molar-refractivity contribution in [2.75, 3.05) is 0 Å². The standard InChI is InChI=1S/C39H42O7/c1-19(2)29-32(42)27(20(3)40)34(44)39(46)35(45)30-33(43)28-25(17-37(30,7)18-38(29,39)8)24(16-26(31(28)41)36(4,5)6)23-14-13-21-11-9-10-12-22(21)15-23/h9-16,19,29,41-42,45-46H,17-18H2,1-8H3/t29?,37-,38-,39+/m1/s1. The van der Waals surface area contributed by atoms with Crippen LogP contribution >= 0.6 is 0 Å². The van der Waals surface area contributed by atoms with Crippen LogP contribution in [0.25, 0.3) is 21.9 Å². The molecule has 0 saturated carbocycles. The van der Waals surface area contributed by atoms with Crippen LogP contribution in [0.3, 0.4) is 0 Å². The highest BCUT2D eigenvalue weighted by molar-refractivity contribution is 6.25. The largest absolute Gasteiger partial charge is 0.511 e. The molecule has 3 aliphatic carbocycles. The van der Waals surface area contributed by atoms with Gasteiger partial charge in [0.1, 0.15) is 22.8 Å². The molecular weight excluding hydrogens is 580 g/mol. The number of aliphatic hydroxyl groups excluding tert-OH is 2. The summed E-state index contributed by atoms with van der Waals surface area (Å²) in [5.41, 5.74) is -3.64. The molecule has 3 aromatic carbocycles. The van der Waals surface area contributed by atoms with Crippen molar-refractivity contribution in [1.82, 2.24) is 0 Å². The summed E-state index contributed by atoms with van der Waals surface area (Å²) in [4.78, 5) is 41.4. The van der Waals surface area contributed by atoms with Gasteiger partial charge in [0.05, 0.1) is 5.56 Å². The van der Waals surface area contributed by atoms with Gasteiger partial charge in [0.15, 0.2) is 17.2 Å². The highest BCUT2D eigenvalue weighted by Gasteiger charge is 2.71. The van der Waals surface area contributed by atoms with Crippen LogP contribution in [0.5, 0.6) is 5.75 Å². The first-order valence-electron chi connectivity index (χ1n) is 15.9. The number of hydrogen-bond donors (Lipinski definition) is 4. The number of ketones is 3. The van der Waals surface area contributed by atoms with E-state index in [1.807, 2.05) is 84.0 Å². The van der Waals surface area contributed by atoms with Crippen molar-refractivity contribution in [2.24, 2.45) is 22.7 Å². The smallest absolute Gasteiger partial charge is 0.209 e. The van der Waals surface area contributed by atoms with Gasteiger partial charge in [0.2, 0.25) is 5.78 Å². The first-order chi connectivity index (χ1) is 21.3. The second-order valence-corrected chi connectivity index (χ2v) is 15.4. The third-order valence-corrected chi connectivity index (χ3v) is 10.9. The number of aliphatic hydroxyl groups is 3. The van der Waals surface area contributed by atoms with Crippen LogP contribution in [0.4, 0.5) is 0 Å². The number of carbonyl (C=O) groups excluding carboxylic acids is 3. The summed E-state index contributed by atoms with van der Waals surface area (Å²) < 4.78 is 0. The van der Waals surface area contributed by atoms with Gasteiger partial charge >= 0.3 is 0 Å². The Morgan fingerprint density at radius 1 is 0.957 bits per heavy atom. The lowest BCUT2D eigenvalue weighted by Crippen LogP contribution is -2.67. The predicted octanol–water partition coefficient (Wildman–Crippen LogP) is 7.46. The molecule has 0 bridgehead atoms. The summed E-state index contributed by atoms with van der Waals surface area (Å²) in [5, 5.41) is 49.7. The van der Waals surface area contributed by atoms with Crippen LogP contribution < -0.4 is 0 Å². The van der Waals surface area contributed by atoms with Gasteiger partial charge in [-0.15, -0.1) is 0 Å². The van der Waals surface area contributed by atoms with Crippen LogP contribution in [-0.4, -0.2) is 43.4 Å². The summed E-state index contributed by atoms with van der Waals surface area (Å²) in [5.74, 6) is -5.14. The van der Waals surface area contributed by atoms with E-state index in [0.717, 1.165) is 28.8 Å². The van der Waals surface area contributed by atoms with Gasteiger partial charge in [-0.05, 0) is 70.7 Å². The maximum absolute atomic E-state index is 14.8. The van der Waals surface area contributed by atoms with Crippen LogP contribution in [0.1, 0.15) is 83.3 Å². The highest BCUT2D eigenvalue weighted by Crippen LogP contribution is 2.65. The molecule has 7 nitrogen and oxygen atoms in total. The molecule has 0 spiro atoms. The zero-order chi connectivity index (χ0) is 33.9. The average Bonchev–Trinajstić information content (AvgIpc) is 2.93. The van der Waals surface area contributed by atoms with E-state index in [9.17, 15) is 34.8 Å². The highest BCUT2D eigenvalue weighted by atomic mass is 16.3. The number of Topliss-reactive ketones (excluding diaryl/α,β-unsaturated/α-hetero) is 3. The fraction of sp³-hybridized carbons (Fsp3) is 0.410. The number of carbonyl (C=O) groups is 3. The summed E-state index contributed by atoms with van der Waals surface area (Å²) >= 11 is 0. The molecule has 3 aromatic rings. The maximum Gasteiger partial charge on any atom is 0.209 e. The van der Waals surface area contributed by atoms with Crippen molar-refractivity contribution in [2.45, 2.75) is 79.2 Å². The molecule has 0 heterocycles. The van der Waals surface area contributed by atoms with E-state index in [-0.39, 0.29) is 35.6 Å². The molecule has 0 saturated heterocycles. The molecule has 0 aliphatic heterocycles. The molecule has 1 unspecified atom stereocenters. The van der Waals surface area contributed by atoms with E-state index in [4.69, 9.17) is 0 Å². The van der Waals surface area contributed by atoms with Gasteiger partial charge < -0.3 is 20.4 Å². The number of benzene rings is 3. The normalized spacial score (nSPS) is 28.0. The first-order valence-corrected chi connectivity index (χ1v) is 15.9. The van der Waals surface area contributed by atoms with Crippen molar-refractivity contribution in [3.8, 4) is 16.9 Å². The average molecular weight is 623 g/mol. The quantitative estimate of drug-likeness (QED) is 0.223. The molecule has 4 atom stereocenters. The minimum atomic E-state index is -2.64. The zero-order valence-electron chi connectivity index (χ0n) is 27.7. The lowest BCUT2D eigenvalue weighted by atomic mass is 9.44. The Bertz CT molecular complexity index is 1950. The minimum Gasteiger partial charge on any atom is -0.511 e. The van der Waals surface area contributed by atoms with Gasteiger partial charge in [0, 0.05) is 27.9 Å². The van der Waals surface area contributed by atoms with E-state index >= 15 is 0 Å². The molecule has 240 valence electrons. The second-order valence-electron chi connectivity index (χ2n) is 15.4. The number of allylic oxidation sites excluding steroid dienone is 2. The zero-order valence-corrected chi connectivity index (χ0v) is 27.7. The van der Waals surface area contributed by atoms with Gasteiger partial charge in [-0.25, -0.2) is 0 Å². The number of hydrogen-bond acceptors (Lipinski definition) is 7. The van der Waals surface area contributed by atoms with Crippen LogP contribution in [-0.2, 0) is 21.4 Å². The summed E-state index contributed by atoms with van der Waals surface area (Å²) in [7, 11) is 0. The fourth-order valence-electron chi connectivity index (χ4n) is 8.99. The molecule has 0 fully saturated rings. The van der Waals surface area contributed by atoms with Gasteiger partial charge in [0.25, 0.3) is 0 Å². The number of phenolic OH excluding ortho intramolecular Hbond substituents is 1. The predicted molar refractivity (Wildman–Crippen MR) is 177 cm³/mol. The molecule has 7 heteroatoms. The topological polar surface area (TPSA) is 132 Å². The fourth-order valence-corrected chi connectivity index (χ4v) is 8.99. The third-order valence-electron chi connectivity index (χ3n) is 10.9. The van der Waals surface area contributed by atoms with Crippen molar-refractivity contribution in [1.29, 1.82) is 0 Å². The van der Waals surface area contributed by atoms with Gasteiger partial charge in [-0.3, -0.25) is 14.4 Å². The van der Waals surface area contributed by atoms with Crippen LogP contribution in [0.15, 0.2) is 71.2 Å². The number of phenols is 1. The van der Waals surface area contributed by atoms with E-state index in [1.165, 1.54) is 0 Å². The number of fused-ring (bicyclic) bond motifs is 4. The molecule has 0 amide bonds. The van der Waals surface area contributed by atoms with Crippen molar-refractivity contribution in [3.05, 3.63) is 87.9 Å². The Morgan fingerprint density at radius 3 is 2.17 bits per heavy atom. The molecule has 3 aliphatic rings. The minimum absolute atomic E-state index is 0.0376. The van der Waals surface area contributed by atoms with Gasteiger partial charge in [-0.1, -0.05) is 84.9 Å². The molecule has 0 radical (unpaired) electrons. The lowest BCUT2D eigenvalue weighted by Gasteiger charge is -2.59. The van der Waals surface area contributed by atoms with E-state index in [0.29, 0.717) is 11.1 Å². The summed E-state index contributed by atoms with van der Waals surface area (Å²) in [6, 6.07) is 16.0. The Labute approximate surface area is 269 Å². The third kappa shape index (κ3) is 4.03. The van der Waals surface area contributed by atoms with Crippen molar-refractivity contribution < 1.29 is 34.8 Å². The Balaban J connectivity index is 1.68. The number of rotatable bonds is 3. The molecule has 0 aromatic heterocycles. The van der Waals surface area contributed by atoms with E-state index < -0.39 is 62.2 Å². The SMILES string of the molecule is CC(=O)C1=C(O)C(C(C)C)[C@@]2(C)C[C@@]3(C)Cc4c(-c5ccc6ccccc6c5)cc(C(C)(C)C)c(O)c4C(=O)C3=C(O)[C@@]2(O)C1=O. The summed E-state index contributed by atoms with van der Waals surface area (Å²) in [6.45, 7) is 14.1. The lowest BCUT2D eigenvalue weighted by molar-refractivity contribution is -0.171. The maximum atomic E-state index is 14.8. The Hall–Kier alpha value is -4.23. The molecule has 46 heavy (non-hydrogen) atoms. The van der Waals surface area contributed by atoms with Crippen molar-refractivity contribution >= 4 is 28.1 Å². The summed E-state index contributed by atoms with van der Waals surface area (Å²) in [6.07, 6.45) is 0.256. The van der Waals surface area contributed by atoms with Crippen LogP contribution in [0.2, 0.25) is 0 Å². The van der Waals surface area contributed by atoms with Crippen LogP contribution in [0, 0.1) is 22.7 Å². The van der Waals surface area contributed by atoms with Crippen molar-refractivity contribution in [3.63, 3.8) is 0 Å². The molecular formula is C39H42O7. The Kier molecular flexibility index (Phi) is 6.82. The monoisotopic (exact) mass is 622 g/mol. The Morgan fingerprint density at radius 2 is 1.59 bits per heavy atom. The van der Waals surface area contributed by atoms with E-state index in [1.54, 1.807) is 6.92 Å². The number of aromatic hydroxyl groups is 1. The molecule has 4 N–H and O–H groups in total. The molecule has 6 rings (SSSR count). The van der Waals surface area contributed by atoms with E-state index in [2.05, 4.69) is 6.07 Å². The van der Waals surface area contributed by atoms with Gasteiger partial charge in [-0.2, -0.15) is 0 Å².